The number of hydrogen-bond donors (Lipinski definition) is 0. The van der Waals surface area contributed by atoms with Crippen molar-refractivity contribution >= 4 is 351 Å². The number of benzene rings is 23. The molecule has 0 unspecified atom stereocenters. The topological polar surface area (TPSA) is 92.0 Å². The highest BCUT2D eigenvalue weighted by atomic mass is 79.9. The van der Waals surface area contributed by atoms with Crippen molar-refractivity contribution in [2.24, 2.45) is 0 Å². The summed E-state index contributed by atoms with van der Waals surface area (Å²) in [5.41, 5.74) is 15.6. The highest BCUT2D eigenvalue weighted by molar-refractivity contribution is 9.11. The molecule has 7 aromatic heterocycles. The van der Waals surface area contributed by atoms with Gasteiger partial charge in [0.2, 0.25) is 0 Å². The quantitative estimate of drug-likeness (QED) is 0.162. The second-order valence-electron chi connectivity index (χ2n) is 33.5. The van der Waals surface area contributed by atoms with Gasteiger partial charge in [0.25, 0.3) is 0 Å². The van der Waals surface area contributed by atoms with Crippen LogP contribution < -0.4 is 0 Å². The van der Waals surface area contributed by atoms with Crippen molar-refractivity contribution in [3.8, 4) is 11.1 Å². The van der Waals surface area contributed by atoms with Crippen LogP contribution in [0.2, 0.25) is 0 Å². The average Bonchev–Trinajstić information content (AvgIpc) is 1.54. The minimum atomic E-state index is 0.919. The molecule has 136 heavy (non-hydrogen) atoms. The number of halogens is 7. The van der Waals surface area contributed by atoms with E-state index in [-0.39, 0.29) is 0 Å². The summed E-state index contributed by atoms with van der Waals surface area (Å²) in [5.74, 6) is 0. The van der Waals surface area contributed by atoms with Crippen LogP contribution in [0, 0.1) is 0 Å². The second-order valence-corrected chi connectivity index (χ2v) is 39.8. The normalized spacial score (nSPS) is 11.6. The highest BCUT2D eigenvalue weighted by Crippen LogP contribution is 2.47. The van der Waals surface area contributed by atoms with Gasteiger partial charge in [-0.2, -0.15) is 0 Å². The maximum absolute atomic E-state index is 6.31. The fourth-order valence-electron chi connectivity index (χ4n) is 19.2. The first-order valence-corrected chi connectivity index (χ1v) is 49.8. The molecular weight excluding hydrogens is 2140 g/mol. The predicted octanol–water partition coefficient (Wildman–Crippen LogP) is 41.3. The van der Waals surface area contributed by atoms with E-state index in [1.165, 1.54) is 124 Å². The van der Waals surface area contributed by atoms with Gasteiger partial charge in [0, 0.05) is 114 Å². The molecule has 30 aromatic rings. The van der Waals surface area contributed by atoms with Crippen LogP contribution in [0.5, 0.6) is 0 Å². The highest BCUT2D eigenvalue weighted by Gasteiger charge is 2.21. The van der Waals surface area contributed by atoms with Crippen LogP contribution in [-0.4, -0.2) is 0 Å². The summed E-state index contributed by atoms with van der Waals surface area (Å²) >= 11 is 24.8. The Labute approximate surface area is 834 Å². The van der Waals surface area contributed by atoms with Crippen LogP contribution in [0.4, 0.5) is 0 Å². The zero-order valence-corrected chi connectivity index (χ0v) is 82.9. The molecule has 0 fully saturated rings. The van der Waals surface area contributed by atoms with Gasteiger partial charge in [-0.15, -0.1) is 0 Å². The molecule has 0 saturated carbocycles. The number of fused-ring (bicyclic) bond motifs is 35. The molecule has 0 aliphatic rings. The van der Waals surface area contributed by atoms with E-state index in [9.17, 15) is 0 Å². The third-order valence-electron chi connectivity index (χ3n) is 25.4. The minimum Gasteiger partial charge on any atom is -0.456 e. The van der Waals surface area contributed by atoms with E-state index in [1.54, 1.807) is 0 Å². The summed E-state index contributed by atoms with van der Waals surface area (Å²) in [6.07, 6.45) is 0. The molecule has 0 radical (unpaired) electrons. The van der Waals surface area contributed by atoms with Gasteiger partial charge in [-0.05, 0) is 259 Å². The zero-order valence-electron chi connectivity index (χ0n) is 71.8. The summed E-state index contributed by atoms with van der Waals surface area (Å²) in [7, 11) is 0. The van der Waals surface area contributed by atoms with Gasteiger partial charge in [-0.3, -0.25) is 0 Å². The average molecular weight is 2210 g/mol. The fraction of sp³-hybridized carbons (Fsp3) is 0. The first kappa shape index (κ1) is 85.0. The third kappa shape index (κ3) is 15.6. The largest absolute Gasteiger partial charge is 0.456 e. The third-order valence-corrected chi connectivity index (χ3v) is 29.3. The smallest absolute Gasteiger partial charge is 0.149 e. The molecular formula is C122H69Br7O7. The van der Waals surface area contributed by atoms with Gasteiger partial charge in [0.1, 0.15) is 78.2 Å². The van der Waals surface area contributed by atoms with Gasteiger partial charge in [0.05, 0.1) is 8.95 Å². The Balaban J connectivity index is 0.0000000870. The van der Waals surface area contributed by atoms with Crippen molar-refractivity contribution in [3.63, 3.8) is 0 Å². The van der Waals surface area contributed by atoms with Crippen molar-refractivity contribution in [1.29, 1.82) is 0 Å². The number of furan rings is 7. The monoisotopic (exact) mass is 2200 g/mol. The van der Waals surface area contributed by atoms with Crippen LogP contribution in [0.3, 0.4) is 0 Å². The fourth-order valence-corrected chi connectivity index (χ4v) is 22.0. The molecule has 0 bridgehead atoms. The maximum atomic E-state index is 6.31. The molecule has 7 heterocycles. The molecule has 0 amide bonds. The molecule has 0 spiro atoms. The van der Waals surface area contributed by atoms with E-state index >= 15 is 0 Å². The van der Waals surface area contributed by atoms with Gasteiger partial charge in [-0.1, -0.05) is 353 Å². The van der Waals surface area contributed by atoms with Crippen molar-refractivity contribution in [3.05, 3.63) is 450 Å². The number of hydrogen-bond acceptors (Lipinski definition) is 7. The van der Waals surface area contributed by atoms with Crippen LogP contribution in [0.15, 0.2) is 481 Å². The molecule has 0 atom stereocenters. The summed E-state index contributed by atoms with van der Waals surface area (Å²) in [6, 6.07) is 144. The molecule has 7 nitrogen and oxygen atoms in total. The lowest BCUT2D eigenvalue weighted by atomic mass is 9.95. The first-order chi connectivity index (χ1) is 66.8. The molecule has 0 aliphatic heterocycles. The molecule has 648 valence electrons. The molecule has 0 saturated heterocycles. The summed E-state index contributed by atoms with van der Waals surface area (Å²) in [5, 5.41) is 35.8. The molecule has 0 N–H and O–H groups in total. The summed E-state index contributed by atoms with van der Waals surface area (Å²) in [4.78, 5) is 0. The van der Waals surface area contributed by atoms with Crippen LogP contribution >= 0.6 is 112 Å². The molecule has 30 rings (SSSR count). The van der Waals surface area contributed by atoms with Gasteiger partial charge in [0.15, 0.2) is 0 Å². The predicted molar refractivity (Wildman–Crippen MR) is 595 cm³/mol. The van der Waals surface area contributed by atoms with E-state index in [4.69, 9.17) is 30.9 Å². The summed E-state index contributed by atoms with van der Waals surface area (Å²) in [6.45, 7) is 0. The van der Waals surface area contributed by atoms with E-state index in [2.05, 4.69) is 433 Å². The van der Waals surface area contributed by atoms with Crippen molar-refractivity contribution in [2.45, 2.75) is 0 Å². The number of rotatable bonds is 1. The van der Waals surface area contributed by atoms with E-state index in [0.29, 0.717) is 0 Å². The van der Waals surface area contributed by atoms with Gasteiger partial charge in [-0.25, -0.2) is 0 Å². The van der Waals surface area contributed by atoms with Crippen molar-refractivity contribution in [1.82, 2.24) is 0 Å². The molecule has 23 aromatic carbocycles. The first-order valence-electron chi connectivity index (χ1n) is 44.3. The minimum absolute atomic E-state index is 0.919. The lowest BCUT2D eigenvalue weighted by molar-refractivity contribution is 0.667. The Morgan fingerprint density at radius 1 is 0.132 bits per heavy atom. The summed E-state index contributed by atoms with van der Waals surface area (Å²) < 4.78 is 49.4. The standard InChI is InChI=1S/C22H13BrO.C20H11BrO.5C16H9BrO/c23-15-10-11-21-19(12-15)20-13-18(14-6-2-1-3-7-14)16-8-4-5-9-17(16)22(20)24-21;21-18-11-17-16-10-9-12-5-1-2-6-13(12)19(16)22-20(17)15-8-4-3-7-14(15)18;17-14-7-3-6-12-13-8-10-4-1-2-5-11(10)9-15(13)18-16(12)14;17-13-7-3-6-12-15-11-5-2-1-4-10(11)8-9-14(15)18-16(12)13;17-11-6-7-13-15(9-11)18-14-8-5-10-3-1-2-4-12(10)16(13)14;17-11-6-8-14-13(9-11)16-12-4-2-1-3-10(12)5-7-15(16)18-14;17-12-5-6-13-14-7-10-3-1-2-4-11(10)8-15(14)18-16(13)9-12/h1-13H;1-11H;5*1-9H. The lowest BCUT2D eigenvalue weighted by Crippen LogP contribution is -1.82. The van der Waals surface area contributed by atoms with Gasteiger partial charge >= 0.3 is 0 Å². The van der Waals surface area contributed by atoms with Crippen LogP contribution in [0.1, 0.15) is 0 Å². The van der Waals surface area contributed by atoms with Crippen molar-refractivity contribution < 1.29 is 30.9 Å². The second kappa shape index (κ2) is 35.7. The zero-order chi connectivity index (χ0) is 91.3. The van der Waals surface area contributed by atoms with E-state index < -0.39 is 0 Å². The number of para-hydroxylation sites is 2. The van der Waals surface area contributed by atoms with E-state index in [1.807, 2.05) is 97.1 Å². The maximum Gasteiger partial charge on any atom is 0.149 e. The Morgan fingerprint density at radius 2 is 0.456 bits per heavy atom. The Bertz CT molecular complexity index is 9970. The van der Waals surface area contributed by atoms with Crippen molar-refractivity contribution in [2.75, 3.05) is 0 Å². The molecule has 0 aliphatic carbocycles. The Kier molecular flexibility index (Phi) is 22.3. The Hall–Kier alpha value is -13.9. The Morgan fingerprint density at radius 3 is 1.06 bits per heavy atom. The van der Waals surface area contributed by atoms with Crippen LogP contribution in [0.25, 0.3) is 251 Å². The van der Waals surface area contributed by atoms with Gasteiger partial charge < -0.3 is 30.9 Å². The van der Waals surface area contributed by atoms with Crippen LogP contribution in [-0.2, 0) is 0 Å². The SMILES string of the molecule is Brc1cc2c3ccc4ccccc4c3oc2c2ccccc12.Brc1ccc2c(c1)oc1cc3ccccc3cc12.Brc1ccc2c(c1)oc1ccc3ccccc3c12.Brc1ccc2oc3c4ccccc4c(-c4ccccc4)cc3c2c1.Brc1ccc2oc3ccc4ccccc4c3c2c1.Brc1cccc2c1oc1cc3ccccc3cc12.Brc1cccc2c1oc1ccc3ccccc3c12. The lowest BCUT2D eigenvalue weighted by Gasteiger charge is -2.08. The van der Waals surface area contributed by atoms with E-state index in [0.717, 1.165) is 158 Å². The molecule has 14 heteroatoms.